The molecule has 4 heterocycles. The Kier molecular flexibility index (Phi) is 5.65. The molecule has 2 fully saturated rings. The number of methoxy groups -OCH3 is 1. The molecule has 2 aliphatic carbocycles. The maximum atomic E-state index is 13.4. The topological polar surface area (TPSA) is 90.2 Å². The molecule has 0 radical (unpaired) electrons. The predicted octanol–water partition coefficient (Wildman–Crippen LogP) is 4.39. The molecule has 3 aliphatic rings. The second-order valence-electron chi connectivity index (χ2n) is 10.0. The van der Waals surface area contributed by atoms with Gasteiger partial charge in [0.25, 0.3) is 0 Å². The summed E-state index contributed by atoms with van der Waals surface area (Å²) in [7, 11) is 3.46. The quantitative estimate of drug-likeness (QED) is 0.514. The standard InChI is InChI=1S/C25H29F2N7O2/c1-33-19(16-8-25(26,27)9-16)13-36-21-11-29-24(32-23(21)33)31-17-7-20(35-2)22(28-10-17)34-12-18(30-14-34)6-15-4-3-5-15/h7,10-12,14-16,19H,3-6,8-9,13H2,1-2H3,(H,29,31,32). The number of nitrogens with one attached hydrogen (secondary N) is 1. The van der Waals surface area contributed by atoms with Crippen LogP contribution in [0.5, 0.6) is 11.5 Å². The van der Waals surface area contributed by atoms with Gasteiger partial charge in [-0.1, -0.05) is 19.3 Å². The smallest absolute Gasteiger partial charge is 0.248 e. The lowest BCUT2D eigenvalue weighted by Gasteiger charge is -2.45. The monoisotopic (exact) mass is 497 g/mol. The van der Waals surface area contributed by atoms with Gasteiger partial charge in [0.15, 0.2) is 23.1 Å². The zero-order valence-corrected chi connectivity index (χ0v) is 20.3. The summed E-state index contributed by atoms with van der Waals surface area (Å²) in [5.41, 5.74) is 1.71. The Hall–Kier alpha value is -3.50. The highest BCUT2D eigenvalue weighted by atomic mass is 19.3. The lowest BCUT2D eigenvalue weighted by Crippen LogP contribution is -2.53. The Morgan fingerprint density at radius 3 is 2.72 bits per heavy atom. The van der Waals surface area contributed by atoms with Crippen LogP contribution in [0.4, 0.5) is 26.2 Å². The Labute approximate surface area is 207 Å². The molecule has 0 saturated heterocycles. The van der Waals surface area contributed by atoms with Gasteiger partial charge in [0.05, 0.1) is 36.9 Å². The summed E-state index contributed by atoms with van der Waals surface area (Å²) in [4.78, 5) is 20.0. The first-order valence-electron chi connectivity index (χ1n) is 12.3. The molecule has 9 nitrogen and oxygen atoms in total. The van der Waals surface area contributed by atoms with Crippen molar-refractivity contribution in [3.63, 3.8) is 0 Å². The molecule has 0 amide bonds. The van der Waals surface area contributed by atoms with Crippen molar-refractivity contribution >= 4 is 17.5 Å². The number of rotatable bonds is 7. The highest BCUT2D eigenvalue weighted by Crippen LogP contribution is 2.47. The van der Waals surface area contributed by atoms with Crippen LogP contribution in [0.15, 0.2) is 31.0 Å². The second-order valence-corrected chi connectivity index (χ2v) is 10.0. The van der Waals surface area contributed by atoms with E-state index in [4.69, 9.17) is 9.47 Å². The number of alkyl halides is 2. The van der Waals surface area contributed by atoms with Gasteiger partial charge in [0.2, 0.25) is 11.9 Å². The average molecular weight is 498 g/mol. The first kappa shape index (κ1) is 22.9. The lowest BCUT2D eigenvalue weighted by atomic mass is 9.76. The molecular weight excluding hydrogens is 468 g/mol. The Balaban J connectivity index is 1.18. The van der Waals surface area contributed by atoms with E-state index in [9.17, 15) is 8.78 Å². The van der Waals surface area contributed by atoms with Crippen molar-refractivity contribution in [3.8, 4) is 17.3 Å². The van der Waals surface area contributed by atoms with E-state index in [2.05, 4.69) is 25.3 Å². The van der Waals surface area contributed by atoms with Crippen LogP contribution in [0.2, 0.25) is 0 Å². The van der Waals surface area contributed by atoms with Gasteiger partial charge in [-0.15, -0.1) is 0 Å². The van der Waals surface area contributed by atoms with Gasteiger partial charge in [0.1, 0.15) is 12.9 Å². The van der Waals surface area contributed by atoms with Crippen LogP contribution in [-0.2, 0) is 6.42 Å². The van der Waals surface area contributed by atoms with Crippen molar-refractivity contribution in [1.82, 2.24) is 24.5 Å². The lowest BCUT2D eigenvalue weighted by molar-refractivity contribution is -0.119. The van der Waals surface area contributed by atoms with Gasteiger partial charge < -0.3 is 19.7 Å². The Morgan fingerprint density at radius 2 is 2.00 bits per heavy atom. The van der Waals surface area contributed by atoms with Crippen LogP contribution < -0.4 is 19.7 Å². The van der Waals surface area contributed by atoms with Crippen LogP contribution in [0.25, 0.3) is 5.82 Å². The van der Waals surface area contributed by atoms with Crippen molar-refractivity contribution in [1.29, 1.82) is 0 Å². The summed E-state index contributed by atoms with van der Waals surface area (Å²) < 4.78 is 40.1. The first-order valence-corrected chi connectivity index (χ1v) is 12.3. The molecule has 2 saturated carbocycles. The number of anilines is 3. The van der Waals surface area contributed by atoms with E-state index >= 15 is 0 Å². The summed E-state index contributed by atoms with van der Waals surface area (Å²) in [6, 6.07) is 1.68. The summed E-state index contributed by atoms with van der Waals surface area (Å²) >= 11 is 0. The zero-order chi connectivity index (χ0) is 24.9. The van der Waals surface area contributed by atoms with Crippen LogP contribution >= 0.6 is 0 Å². The average Bonchev–Trinajstić information content (AvgIpc) is 3.29. The molecule has 36 heavy (non-hydrogen) atoms. The fraction of sp³-hybridized carbons (Fsp3) is 0.520. The fourth-order valence-electron chi connectivity index (χ4n) is 5.21. The molecule has 0 spiro atoms. The van der Waals surface area contributed by atoms with Gasteiger partial charge in [-0.05, 0) is 18.3 Å². The summed E-state index contributed by atoms with van der Waals surface area (Å²) in [5.74, 6) is 0.737. The molecule has 1 N–H and O–H groups in total. The van der Waals surface area contributed by atoms with E-state index in [1.807, 2.05) is 28.8 Å². The third kappa shape index (κ3) is 4.31. The molecule has 11 heteroatoms. The number of hydrogen-bond donors (Lipinski definition) is 1. The molecule has 3 aromatic rings. The maximum Gasteiger partial charge on any atom is 0.248 e. The number of pyridine rings is 1. The van der Waals surface area contributed by atoms with Gasteiger partial charge >= 0.3 is 0 Å². The molecule has 3 aromatic heterocycles. The van der Waals surface area contributed by atoms with E-state index in [0.717, 1.165) is 18.0 Å². The minimum Gasteiger partial charge on any atom is -0.493 e. The molecule has 0 bridgehead atoms. The number of aromatic nitrogens is 5. The normalized spacial score (nSPS) is 21.2. The second kappa shape index (κ2) is 8.86. The number of hydrogen-bond acceptors (Lipinski definition) is 8. The van der Waals surface area contributed by atoms with Crippen molar-refractivity contribution < 1.29 is 18.3 Å². The molecule has 190 valence electrons. The van der Waals surface area contributed by atoms with E-state index in [-0.39, 0.29) is 24.8 Å². The summed E-state index contributed by atoms with van der Waals surface area (Å²) in [6.07, 6.45) is 11.7. The van der Waals surface area contributed by atoms with Crippen molar-refractivity contribution in [3.05, 3.63) is 36.7 Å². The zero-order valence-electron chi connectivity index (χ0n) is 20.3. The molecule has 1 unspecified atom stereocenters. The van der Waals surface area contributed by atoms with E-state index < -0.39 is 5.92 Å². The first-order chi connectivity index (χ1) is 17.4. The van der Waals surface area contributed by atoms with Crippen molar-refractivity contribution in [2.24, 2.45) is 11.8 Å². The predicted molar refractivity (Wildman–Crippen MR) is 130 cm³/mol. The Bertz CT molecular complexity index is 1250. The highest BCUT2D eigenvalue weighted by molar-refractivity contribution is 5.62. The summed E-state index contributed by atoms with van der Waals surface area (Å²) in [5, 5.41) is 3.17. The molecule has 6 rings (SSSR count). The highest BCUT2D eigenvalue weighted by Gasteiger charge is 2.50. The molecular formula is C25H29F2N7O2. The number of imidazole rings is 1. The molecule has 0 aromatic carbocycles. The van der Waals surface area contributed by atoms with E-state index in [1.54, 1.807) is 25.8 Å². The van der Waals surface area contributed by atoms with Gasteiger partial charge in [0, 0.05) is 32.2 Å². The maximum absolute atomic E-state index is 13.4. The van der Waals surface area contributed by atoms with Crippen molar-refractivity contribution in [2.45, 2.75) is 50.5 Å². The van der Waals surface area contributed by atoms with Gasteiger partial charge in [-0.3, -0.25) is 4.57 Å². The van der Waals surface area contributed by atoms with Crippen molar-refractivity contribution in [2.75, 3.05) is 31.0 Å². The number of ether oxygens (including phenoxy) is 2. The number of nitrogens with zero attached hydrogens (tertiary/aromatic N) is 6. The number of fused-ring (bicyclic) bond motifs is 1. The summed E-state index contributed by atoms with van der Waals surface area (Å²) in [6.45, 7) is 0.347. The third-order valence-electron chi connectivity index (χ3n) is 7.56. The van der Waals surface area contributed by atoms with Crippen LogP contribution in [0.1, 0.15) is 37.8 Å². The van der Waals surface area contributed by atoms with E-state index in [1.165, 1.54) is 19.3 Å². The molecule has 1 aliphatic heterocycles. The number of halogens is 2. The van der Waals surface area contributed by atoms with Gasteiger partial charge in [-0.2, -0.15) is 4.98 Å². The van der Waals surface area contributed by atoms with E-state index in [0.29, 0.717) is 41.4 Å². The van der Waals surface area contributed by atoms with Gasteiger partial charge in [-0.25, -0.2) is 23.7 Å². The minimum atomic E-state index is -2.57. The third-order valence-corrected chi connectivity index (χ3v) is 7.56. The molecule has 1 atom stereocenters. The SMILES string of the molecule is COc1cc(Nc2ncc3c(n2)N(C)C(C2CC(F)(F)C2)CO3)cnc1-n1cnc(CC2CCC2)c1. The van der Waals surface area contributed by atoms with Crippen LogP contribution in [0.3, 0.4) is 0 Å². The minimum absolute atomic E-state index is 0.117. The largest absolute Gasteiger partial charge is 0.493 e. The van der Waals surface area contributed by atoms with Crippen LogP contribution in [0, 0.1) is 11.8 Å². The number of likely N-dealkylation sites (N-methyl/N-ethyl adjacent to an activating group) is 1. The Morgan fingerprint density at radius 1 is 1.17 bits per heavy atom. The van der Waals surface area contributed by atoms with Crippen LogP contribution in [-0.4, -0.2) is 57.2 Å². The fourth-order valence-corrected chi connectivity index (χ4v) is 5.21.